The van der Waals surface area contributed by atoms with Crippen LogP contribution in [0.2, 0.25) is 0 Å². The van der Waals surface area contributed by atoms with Gasteiger partial charge in [-0.15, -0.1) is 35.3 Å². The van der Waals surface area contributed by atoms with E-state index in [1.165, 1.54) is 17.0 Å². The van der Waals surface area contributed by atoms with Crippen LogP contribution in [0, 0.1) is 5.82 Å². The first-order chi connectivity index (χ1) is 11.3. The Hall–Kier alpha value is -1.35. The molecule has 2 aromatic rings. The number of anilines is 1. The average molecular weight is 460 g/mol. The van der Waals surface area contributed by atoms with Crippen LogP contribution in [0.1, 0.15) is 4.88 Å². The van der Waals surface area contributed by atoms with Crippen LogP contribution in [0.5, 0.6) is 0 Å². The summed E-state index contributed by atoms with van der Waals surface area (Å²) >= 11 is 1.75. The number of rotatable bonds is 3. The van der Waals surface area contributed by atoms with Crippen LogP contribution >= 0.6 is 35.3 Å². The number of nitrogens with zero attached hydrogens (tertiary/aromatic N) is 3. The largest absolute Gasteiger partial charge is 0.368 e. The first-order valence-corrected chi connectivity index (χ1v) is 8.63. The van der Waals surface area contributed by atoms with Crippen LogP contribution in [0.25, 0.3) is 0 Å². The Kier molecular flexibility index (Phi) is 7.29. The summed E-state index contributed by atoms with van der Waals surface area (Å²) in [4.78, 5) is 10.2. The van der Waals surface area contributed by atoms with E-state index in [1.54, 1.807) is 11.3 Å². The number of hydrogen-bond donors (Lipinski definition) is 1. The number of benzene rings is 1. The molecule has 24 heavy (non-hydrogen) atoms. The van der Waals surface area contributed by atoms with Crippen molar-refractivity contribution in [1.29, 1.82) is 0 Å². The van der Waals surface area contributed by atoms with E-state index in [1.807, 2.05) is 19.2 Å². The molecule has 2 heterocycles. The molecule has 0 bridgehead atoms. The average Bonchev–Trinajstić information content (AvgIpc) is 3.10. The number of aliphatic imine (C=N–C) groups is 1. The summed E-state index contributed by atoms with van der Waals surface area (Å²) in [6, 6.07) is 10.9. The lowest BCUT2D eigenvalue weighted by Gasteiger charge is -2.37. The molecule has 0 aliphatic carbocycles. The van der Waals surface area contributed by atoms with Gasteiger partial charge in [-0.2, -0.15) is 0 Å². The van der Waals surface area contributed by atoms with Gasteiger partial charge in [-0.1, -0.05) is 6.07 Å². The zero-order valence-electron chi connectivity index (χ0n) is 13.6. The Labute approximate surface area is 163 Å². The second-order valence-electron chi connectivity index (χ2n) is 5.43. The number of piperazine rings is 1. The third kappa shape index (κ3) is 4.83. The van der Waals surface area contributed by atoms with Gasteiger partial charge in [-0.3, -0.25) is 4.99 Å². The summed E-state index contributed by atoms with van der Waals surface area (Å²) in [5, 5.41) is 5.51. The smallest absolute Gasteiger partial charge is 0.194 e. The van der Waals surface area contributed by atoms with E-state index in [9.17, 15) is 4.39 Å². The predicted molar refractivity (Wildman–Crippen MR) is 110 cm³/mol. The lowest BCUT2D eigenvalue weighted by Crippen LogP contribution is -2.52. The topological polar surface area (TPSA) is 30.9 Å². The van der Waals surface area contributed by atoms with Crippen molar-refractivity contribution in [2.24, 2.45) is 4.99 Å². The zero-order chi connectivity index (χ0) is 16.1. The SMILES string of the molecule is CN=C(NCc1cccs1)N1CCN(c2ccc(F)cc2)CC1.I. The molecule has 0 atom stereocenters. The highest BCUT2D eigenvalue weighted by atomic mass is 127. The first-order valence-electron chi connectivity index (χ1n) is 7.75. The third-order valence-electron chi connectivity index (χ3n) is 3.98. The molecule has 0 saturated carbocycles. The molecule has 0 amide bonds. The maximum Gasteiger partial charge on any atom is 0.194 e. The molecule has 3 rings (SSSR count). The third-order valence-corrected chi connectivity index (χ3v) is 4.86. The van der Waals surface area contributed by atoms with Crippen LogP contribution in [0.15, 0.2) is 46.8 Å². The monoisotopic (exact) mass is 460 g/mol. The summed E-state index contributed by atoms with van der Waals surface area (Å²) in [5.41, 5.74) is 1.08. The maximum atomic E-state index is 13.0. The van der Waals surface area contributed by atoms with Crippen LogP contribution < -0.4 is 10.2 Å². The Morgan fingerprint density at radius 2 is 1.88 bits per heavy atom. The minimum atomic E-state index is -0.189. The van der Waals surface area contributed by atoms with E-state index in [-0.39, 0.29) is 29.8 Å². The molecule has 7 heteroatoms. The van der Waals surface area contributed by atoms with Crippen molar-refractivity contribution in [2.75, 3.05) is 38.1 Å². The molecule has 4 nitrogen and oxygen atoms in total. The molecule has 1 aromatic carbocycles. The van der Waals surface area contributed by atoms with Gasteiger partial charge < -0.3 is 15.1 Å². The summed E-state index contributed by atoms with van der Waals surface area (Å²) < 4.78 is 13.0. The molecule has 1 aliphatic rings. The molecule has 1 N–H and O–H groups in total. The lowest BCUT2D eigenvalue weighted by molar-refractivity contribution is 0.372. The minimum Gasteiger partial charge on any atom is -0.368 e. The van der Waals surface area contributed by atoms with Crippen molar-refractivity contribution in [3.8, 4) is 0 Å². The van der Waals surface area contributed by atoms with Crippen molar-refractivity contribution in [3.05, 3.63) is 52.5 Å². The Morgan fingerprint density at radius 1 is 1.17 bits per heavy atom. The van der Waals surface area contributed by atoms with Gasteiger partial charge in [-0.25, -0.2) is 4.39 Å². The second-order valence-corrected chi connectivity index (χ2v) is 6.46. The normalized spacial score (nSPS) is 15.2. The molecule has 1 aliphatic heterocycles. The molecule has 1 saturated heterocycles. The van der Waals surface area contributed by atoms with Crippen LogP contribution in [-0.2, 0) is 6.54 Å². The number of hydrogen-bond acceptors (Lipinski definition) is 3. The highest BCUT2D eigenvalue weighted by Gasteiger charge is 2.19. The highest BCUT2D eigenvalue weighted by Crippen LogP contribution is 2.17. The number of nitrogens with one attached hydrogen (secondary N) is 1. The van der Waals surface area contributed by atoms with Crippen molar-refractivity contribution < 1.29 is 4.39 Å². The number of thiophene rings is 1. The fourth-order valence-corrected chi connectivity index (χ4v) is 3.38. The highest BCUT2D eigenvalue weighted by molar-refractivity contribution is 14.0. The first kappa shape index (κ1) is 19.0. The van der Waals surface area contributed by atoms with E-state index in [2.05, 4.69) is 37.6 Å². The zero-order valence-corrected chi connectivity index (χ0v) is 16.8. The predicted octanol–water partition coefficient (Wildman–Crippen LogP) is 3.40. The molecular weight excluding hydrogens is 438 g/mol. The fourth-order valence-electron chi connectivity index (χ4n) is 2.74. The van der Waals surface area contributed by atoms with Gasteiger partial charge in [0.05, 0.1) is 6.54 Å². The van der Waals surface area contributed by atoms with E-state index < -0.39 is 0 Å². The summed E-state index contributed by atoms with van der Waals surface area (Å²) in [6.45, 7) is 4.43. The lowest BCUT2D eigenvalue weighted by atomic mass is 10.2. The van der Waals surface area contributed by atoms with E-state index in [0.29, 0.717) is 0 Å². The van der Waals surface area contributed by atoms with E-state index in [0.717, 1.165) is 44.4 Å². The molecule has 0 spiro atoms. The number of guanidine groups is 1. The molecule has 0 radical (unpaired) electrons. The van der Waals surface area contributed by atoms with E-state index >= 15 is 0 Å². The Morgan fingerprint density at radius 3 is 2.46 bits per heavy atom. The quantitative estimate of drug-likeness (QED) is 0.433. The Bertz CT molecular complexity index is 637. The molecule has 130 valence electrons. The summed E-state index contributed by atoms with van der Waals surface area (Å²) in [7, 11) is 1.82. The van der Waals surface area contributed by atoms with Crippen molar-refractivity contribution in [3.63, 3.8) is 0 Å². The maximum absolute atomic E-state index is 13.0. The van der Waals surface area contributed by atoms with Crippen LogP contribution in [0.3, 0.4) is 0 Å². The molecular formula is C17H22FIN4S. The van der Waals surface area contributed by atoms with Crippen molar-refractivity contribution in [2.45, 2.75) is 6.54 Å². The Balaban J connectivity index is 0.00000208. The molecule has 1 aromatic heterocycles. The number of halogens is 2. The molecule has 1 fully saturated rings. The van der Waals surface area contributed by atoms with Gasteiger partial charge in [0.2, 0.25) is 0 Å². The summed E-state index contributed by atoms with van der Waals surface area (Å²) in [5.74, 6) is 0.753. The van der Waals surface area contributed by atoms with Crippen LogP contribution in [-0.4, -0.2) is 44.1 Å². The minimum absolute atomic E-state index is 0. The van der Waals surface area contributed by atoms with Gasteiger partial charge in [0.15, 0.2) is 5.96 Å². The van der Waals surface area contributed by atoms with Gasteiger partial charge in [0.25, 0.3) is 0 Å². The van der Waals surface area contributed by atoms with Gasteiger partial charge in [0, 0.05) is 43.8 Å². The van der Waals surface area contributed by atoms with Crippen LogP contribution in [0.4, 0.5) is 10.1 Å². The molecule has 0 unspecified atom stereocenters. The van der Waals surface area contributed by atoms with Gasteiger partial charge >= 0.3 is 0 Å². The standard InChI is InChI=1S/C17H21FN4S.HI/c1-19-17(20-13-16-3-2-12-23-16)22-10-8-21(9-11-22)15-6-4-14(18)5-7-15;/h2-7,12H,8-11,13H2,1H3,(H,19,20);1H. The van der Waals surface area contributed by atoms with E-state index in [4.69, 9.17) is 0 Å². The fraction of sp³-hybridized carbons (Fsp3) is 0.353. The van der Waals surface area contributed by atoms with Crippen molar-refractivity contribution >= 4 is 47.0 Å². The summed E-state index contributed by atoms with van der Waals surface area (Å²) in [6.07, 6.45) is 0. The van der Waals surface area contributed by atoms with Gasteiger partial charge in [0.1, 0.15) is 5.82 Å². The second kappa shape index (κ2) is 9.22. The van der Waals surface area contributed by atoms with Crippen molar-refractivity contribution in [1.82, 2.24) is 10.2 Å². The van der Waals surface area contributed by atoms with Gasteiger partial charge in [-0.05, 0) is 35.7 Å².